The molecule has 0 aromatic heterocycles. The van der Waals surface area contributed by atoms with E-state index in [0.717, 1.165) is 23.1 Å². The average Bonchev–Trinajstić information content (AvgIpc) is 2.67. The third-order valence-electron chi connectivity index (χ3n) is 4.49. The molecule has 0 fully saturated rings. The van der Waals surface area contributed by atoms with E-state index >= 15 is 0 Å². The van der Waals surface area contributed by atoms with Crippen LogP contribution in [0, 0.1) is 0 Å². The number of amides is 1. The van der Waals surface area contributed by atoms with Crippen molar-refractivity contribution < 1.29 is 24.2 Å². The van der Waals surface area contributed by atoms with Gasteiger partial charge in [-0.25, -0.2) is 4.79 Å². The molecular formula is C20H21NO5. The van der Waals surface area contributed by atoms with Crippen molar-refractivity contribution >= 4 is 11.9 Å². The second-order valence-electron chi connectivity index (χ2n) is 6.08. The molecule has 0 saturated heterocycles. The molecule has 1 aliphatic heterocycles. The van der Waals surface area contributed by atoms with Gasteiger partial charge >= 0.3 is 5.97 Å². The Kier molecular flexibility index (Phi) is 5.53. The van der Waals surface area contributed by atoms with Gasteiger partial charge in [-0.3, -0.25) is 4.79 Å². The lowest BCUT2D eigenvalue weighted by molar-refractivity contribution is 0.0696. The van der Waals surface area contributed by atoms with Crippen LogP contribution in [0.4, 0.5) is 0 Å². The fourth-order valence-electron chi connectivity index (χ4n) is 3.10. The number of carboxylic acids is 1. The Morgan fingerprint density at radius 2 is 2.12 bits per heavy atom. The molecule has 0 saturated carbocycles. The topological polar surface area (TPSA) is 84.9 Å². The SMILES string of the molecule is COc1cc(C(=O)O)ccc1CCNC(=O)c1cccc2c1COCC2. The Morgan fingerprint density at radius 3 is 2.88 bits per heavy atom. The number of carbonyl (C=O) groups excluding carboxylic acids is 1. The van der Waals surface area contributed by atoms with Gasteiger partial charge in [0.15, 0.2) is 0 Å². The normalized spacial score (nSPS) is 13.0. The van der Waals surface area contributed by atoms with Crippen LogP contribution in [0.3, 0.4) is 0 Å². The first-order chi connectivity index (χ1) is 12.6. The molecule has 0 radical (unpaired) electrons. The minimum Gasteiger partial charge on any atom is -0.496 e. The average molecular weight is 355 g/mol. The maximum absolute atomic E-state index is 12.5. The van der Waals surface area contributed by atoms with Gasteiger partial charge in [-0.2, -0.15) is 0 Å². The molecule has 2 aromatic carbocycles. The highest BCUT2D eigenvalue weighted by molar-refractivity contribution is 5.96. The van der Waals surface area contributed by atoms with E-state index in [0.29, 0.717) is 37.5 Å². The van der Waals surface area contributed by atoms with E-state index in [1.54, 1.807) is 6.07 Å². The third-order valence-corrected chi connectivity index (χ3v) is 4.49. The largest absolute Gasteiger partial charge is 0.496 e. The van der Waals surface area contributed by atoms with Crippen LogP contribution >= 0.6 is 0 Å². The van der Waals surface area contributed by atoms with Crippen LogP contribution < -0.4 is 10.1 Å². The highest BCUT2D eigenvalue weighted by atomic mass is 16.5. The summed E-state index contributed by atoms with van der Waals surface area (Å²) in [6, 6.07) is 10.5. The molecule has 0 unspecified atom stereocenters. The van der Waals surface area contributed by atoms with Gasteiger partial charge in [0.05, 0.1) is 25.9 Å². The molecule has 1 aliphatic rings. The summed E-state index contributed by atoms with van der Waals surface area (Å²) in [7, 11) is 1.50. The fraction of sp³-hybridized carbons (Fsp3) is 0.300. The highest BCUT2D eigenvalue weighted by Gasteiger charge is 2.18. The lowest BCUT2D eigenvalue weighted by atomic mass is 9.97. The zero-order valence-electron chi connectivity index (χ0n) is 14.6. The van der Waals surface area contributed by atoms with Crippen LogP contribution in [0.2, 0.25) is 0 Å². The van der Waals surface area contributed by atoms with Crippen molar-refractivity contribution in [2.75, 3.05) is 20.3 Å². The van der Waals surface area contributed by atoms with E-state index in [1.807, 2.05) is 18.2 Å². The number of methoxy groups -OCH3 is 1. The van der Waals surface area contributed by atoms with Crippen molar-refractivity contribution in [2.24, 2.45) is 0 Å². The lowest BCUT2D eigenvalue weighted by Gasteiger charge is -2.19. The second-order valence-corrected chi connectivity index (χ2v) is 6.08. The summed E-state index contributed by atoms with van der Waals surface area (Å²) in [5.74, 6) is -0.627. The zero-order valence-corrected chi connectivity index (χ0v) is 14.6. The molecule has 26 heavy (non-hydrogen) atoms. The van der Waals surface area contributed by atoms with E-state index < -0.39 is 5.97 Å². The Labute approximate surface area is 151 Å². The first kappa shape index (κ1) is 17.9. The number of ether oxygens (including phenoxy) is 2. The van der Waals surface area contributed by atoms with Gasteiger partial charge < -0.3 is 19.9 Å². The molecule has 1 amide bonds. The first-order valence-corrected chi connectivity index (χ1v) is 8.47. The minimum absolute atomic E-state index is 0.131. The quantitative estimate of drug-likeness (QED) is 0.831. The number of hydrogen-bond acceptors (Lipinski definition) is 4. The molecule has 0 spiro atoms. The molecule has 1 heterocycles. The summed E-state index contributed by atoms with van der Waals surface area (Å²) in [4.78, 5) is 23.6. The monoisotopic (exact) mass is 355 g/mol. The minimum atomic E-state index is -1.00. The zero-order chi connectivity index (χ0) is 18.5. The highest BCUT2D eigenvalue weighted by Crippen LogP contribution is 2.22. The Bertz CT molecular complexity index is 831. The van der Waals surface area contributed by atoms with Crippen LogP contribution in [-0.4, -0.2) is 37.2 Å². The fourth-order valence-corrected chi connectivity index (χ4v) is 3.10. The number of carboxylic acid groups (broad SMARTS) is 1. The van der Waals surface area contributed by atoms with Gasteiger partial charge in [-0.1, -0.05) is 18.2 Å². The van der Waals surface area contributed by atoms with Crippen LogP contribution in [0.25, 0.3) is 0 Å². The summed E-state index contributed by atoms with van der Waals surface area (Å²) in [6.45, 7) is 1.57. The number of hydrogen-bond donors (Lipinski definition) is 2. The van der Waals surface area contributed by atoms with Crippen LogP contribution in [0.15, 0.2) is 36.4 Å². The molecule has 2 N–H and O–H groups in total. The number of benzene rings is 2. The Hall–Kier alpha value is -2.86. The van der Waals surface area contributed by atoms with Crippen molar-refractivity contribution in [1.82, 2.24) is 5.32 Å². The number of rotatable bonds is 6. The summed E-state index contributed by atoms with van der Waals surface area (Å²) < 4.78 is 10.7. The number of fused-ring (bicyclic) bond motifs is 1. The molecular weight excluding hydrogens is 334 g/mol. The van der Waals surface area contributed by atoms with Gasteiger partial charge in [-0.05, 0) is 47.7 Å². The molecule has 2 aromatic rings. The standard InChI is InChI=1S/C20H21NO5/c1-25-18-11-15(20(23)24)6-5-14(18)7-9-21-19(22)16-4-2-3-13-8-10-26-12-17(13)16/h2-6,11H,7-10,12H2,1H3,(H,21,22)(H,23,24). The molecule has 136 valence electrons. The molecule has 0 aliphatic carbocycles. The summed E-state index contributed by atoms with van der Waals surface area (Å²) >= 11 is 0. The maximum Gasteiger partial charge on any atom is 0.335 e. The lowest BCUT2D eigenvalue weighted by Crippen LogP contribution is -2.28. The second kappa shape index (κ2) is 8.01. The number of carbonyl (C=O) groups is 2. The summed E-state index contributed by atoms with van der Waals surface area (Å²) in [5, 5.41) is 12.0. The van der Waals surface area contributed by atoms with E-state index in [4.69, 9.17) is 14.6 Å². The van der Waals surface area contributed by atoms with Crippen molar-refractivity contribution in [3.63, 3.8) is 0 Å². The smallest absolute Gasteiger partial charge is 0.335 e. The number of nitrogens with one attached hydrogen (secondary N) is 1. The molecule has 0 atom stereocenters. The van der Waals surface area contributed by atoms with Gasteiger partial charge in [-0.15, -0.1) is 0 Å². The van der Waals surface area contributed by atoms with Crippen LogP contribution in [-0.2, 0) is 24.2 Å². The number of aromatic carboxylic acids is 1. The van der Waals surface area contributed by atoms with Gasteiger partial charge in [0, 0.05) is 12.1 Å². The molecule has 6 nitrogen and oxygen atoms in total. The third kappa shape index (κ3) is 3.86. The molecule has 6 heteroatoms. The van der Waals surface area contributed by atoms with Crippen molar-refractivity contribution in [1.29, 1.82) is 0 Å². The van der Waals surface area contributed by atoms with E-state index in [1.165, 1.54) is 19.2 Å². The predicted octanol–water partition coefficient (Wildman–Crippen LogP) is 2.44. The van der Waals surface area contributed by atoms with Crippen molar-refractivity contribution in [3.05, 3.63) is 64.2 Å². The van der Waals surface area contributed by atoms with Gasteiger partial charge in [0.2, 0.25) is 0 Å². The Morgan fingerprint density at radius 1 is 1.27 bits per heavy atom. The van der Waals surface area contributed by atoms with Crippen molar-refractivity contribution in [3.8, 4) is 5.75 Å². The predicted molar refractivity (Wildman–Crippen MR) is 95.8 cm³/mol. The Balaban J connectivity index is 1.65. The van der Waals surface area contributed by atoms with E-state index in [9.17, 15) is 9.59 Å². The van der Waals surface area contributed by atoms with Crippen LogP contribution in [0.1, 0.15) is 37.4 Å². The summed E-state index contributed by atoms with van der Waals surface area (Å²) in [6.07, 6.45) is 1.36. The van der Waals surface area contributed by atoms with Crippen LogP contribution in [0.5, 0.6) is 5.75 Å². The van der Waals surface area contributed by atoms with Gasteiger partial charge in [0.1, 0.15) is 5.75 Å². The van der Waals surface area contributed by atoms with E-state index in [-0.39, 0.29) is 11.5 Å². The maximum atomic E-state index is 12.5. The summed E-state index contributed by atoms with van der Waals surface area (Å²) in [5.41, 5.74) is 3.78. The van der Waals surface area contributed by atoms with E-state index in [2.05, 4.69) is 5.32 Å². The first-order valence-electron chi connectivity index (χ1n) is 8.47. The molecule has 3 rings (SSSR count). The molecule has 0 bridgehead atoms. The van der Waals surface area contributed by atoms with Crippen molar-refractivity contribution in [2.45, 2.75) is 19.4 Å². The van der Waals surface area contributed by atoms with Gasteiger partial charge in [0.25, 0.3) is 5.91 Å².